The van der Waals surface area contributed by atoms with Crippen LogP contribution in [-0.4, -0.2) is 14.8 Å². The summed E-state index contributed by atoms with van der Waals surface area (Å²) in [5.41, 5.74) is -4.23. The van der Waals surface area contributed by atoms with Gasteiger partial charge >= 0.3 is 17.1 Å². The molecule has 3 aromatic carbocycles. The second-order valence-electron chi connectivity index (χ2n) is 7.08. The van der Waals surface area contributed by atoms with Gasteiger partial charge in [0.15, 0.2) is 0 Å². The average Bonchev–Trinajstić information content (AvgIpc) is 2.85. The van der Waals surface area contributed by atoms with Crippen LogP contribution in [0.5, 0.6) is 0 Å². The monoisotopic (exact) mass is 786 g/mol. The number of halogens is 12. The molecule has 21 heteroatoms. The highest BCUT2D eigenvalue weighted by Crippen LogP contribution is 2.59. The Morgan fingerprint density at radius 3 is 0.625 bits per heavy atom. The molecule has 0 fully saturated rings. The van der Waals surface area contributed by atoms with Crippen LogP contribution in [0.25, 0.3) is 0 Å². The third-order valence-corrected chi connectivity index (χ3v) is 10.1. The van der Waals surface area contributed by atoms with Crippen molar-refractivity contribution in [2.45, 2.75) is 0 Å². The first-order chi connectivity index (χ1) is 18.4. The lowest BCUT2D eigenvalue weighted by Gasteiger charge is -2.26. The minimum atomic E-state index is -0.981. The Labute approximate surface area is 282 Å². The molecule has 211 valence electrons. The van der Waals surface area contributed by atoms with Crippen LogP contribution in [0.1, 0.15) is 16.7 Å². The minimum Gasteiger partial charge on any atom is -0.258 e. The fraction of sp³-hybridized carbons (Fsp3) is 0. The fourth-order valence-electron chi connectivity index (χ4n) is 3.37. The Kier molecular flexibility index (Phi) is 10.6. The number of hydrogen-bond acceptors (Lipinski definition) is 6. The molecular formula is C19Cl12N3O6. The van der Waals surface area contributed by atoms with E-state index >= 15 is 0 Å². The molecule has 40 heavy (non-hydrogen) atoms. The van der Waals surface area contributed by atoms with Crippen LogP contribution < -0.4 is 0 Å². The van der Waals surface area contributed by atoms with Gasteiger partial charge in [-0.3, -0.25) is 30.3 Å². The van der Waals surface area contributed by atoms with E-state index in [0.717, 1.165) is 0 Å². The number of nitro groups is 3. The van der Waals surface area contributed by atoms with Gasteiger partial charge in [0, 0.05) is 16.7 Å². The van der Waals surface area contributed by atoms with Gasteiger partial charge in [0.2, 0.25) is 0 Å². The molecule has 3 aromatic rings. The first-order valence-corrected chi connectivity index (χ1v) is 13.8. The van der Waals surface area contributed by atoms with E-state index < -0.39 is 115 Å². The van der Waals surface area contributed by atoms with Crippen molar-refractivity contribution in [2.24, 2.45) is 0 Å². The maximum Gasteiger partial charge on any atom is 0.309 e. The zero-order valence-electron chi connectivity index (χ0n) is 17.8. The van der Waals surface area contributed by atoms with Gasteiger partial charge in [-0.25, -0.2) is 0 Å². The summed E-state index contributed by atoms with van der Waals surface area (Å²) in [6, 6.07) is 0. The lowest BCUT2D eigenvalue weighted by atomic mass is 9.84. The van der Waals surface area contributed by atoms with E-state index in [-0.39, 0.29) is 0 Å². The lowest BCUT2D eigenvalue weighted by Crippen LogP contribution is -2.13. The normalized spacial score (nSPS) is 11.3. The minimum absolute atomic E-state index is 0.501. The molecule has 0 unspecified atom stereocenters. The topological polar surface area (TPSA) is 129 Å². The Hall–Kier alpha value is -0.660. The Bertz CT molecular complexity index is 1400. The summed E-state index contributed by atoms with van der Waals surface area (Å²) in [4.78, 5) is 31.8. The summed E-state index contributed by atoms with van der Waals surface area (Å²) < 4.78 is 0. The molecule has 0 saturated carbocycles. The first kappa shape index (κ1) is 33.8. The van der Waals surface area contributed by atoms with Crippen LogP contribution >= 0.6 is 139 Å². The van der Waals surface area contributed by atoms with E-state index in [9.17, 15) is 30.3 Å². The van der Waals surface area contributed by atoms with Crippen LogP contribution in [0.4, 0.5) is 17.1 Å². The van der Waals surface area contributed by atoms with Gasteiger partial charge in [0.1, 0.15) is 30.1 Å². The number of nitro benzene ring substituents is 3. The van der Waals surface area contributed by atoms with Gasteiger partial charge in [-0.05, 0) is 0 Å². The summed E-state index contributed by atoms with van der Waals surface area (Å²) in [6.07, 6.45) is 0. The second-order valence-corrected chi connectivity index (χ2v) is 11.6. The highest BCUT2D eigenvalue weighted by atomic mass is 35.5. The molecular weight excluding hydrogens is 792 g/mol. The summed E-state index contributed by atoms with van der Waals surface area (Å²) in [5, 5.41) is 26.4. The van der Waals surface area contributed by atoms with Crippen LogP contribution in [-0.2, 0) is 0 Å². The first-order valence-electron chi connectivity index (χ1n) is 9.28. The average molecular weight is 792 g/mol. The molecule has 0 aliphatic carbocycles. The molecule has 0 aromatic heterocycles. The molecule has 0 saturated heterocycles. The molecule has 3 rings (SSSR count). The van der Waals surface area contributed by atoms with Crippen molar-refractivity contribution in [2.75, 3.05) is 0 Å². The third-order valence-electron chi connectivity index (χ3n) is 5.02. The number of hydrogen-bond donors (Lipinski definition) is 0. The van der Waals surface area contributed by atoms with E-state index in [0.29, 0.717) is 0 Å². The Morgan fingerprint density at radius 2 is 0.500 bits per heavy atom. The van der Waals surface area contributed by atoms with Crippen molar-refractivity contribution in [1.29, 1.82) is 0 Å². The highest BCUT2D eigenvalue weighted by Gasteiger charge is 2.42. The van der Waals surface area contributed by atoms with Gasteiger partial charge in [-0.1, -0.05) is 139 Å². The van der Waals surface area contributed by atoms with Gasteiger partial charge < -0.3 is 0 Å². The second kappa shape index (κ2) is 12.5. The van der Waals surface area contributed by atoms with E-state index in [2.05, 4.69) is 0 Å². The molecule has 0 aliphatic heterocycles. The molecule has 1 radical (unpaired) electrons. The summed E-state index contributed by atoms with van der Waals surface area (Å²) in [5.74, 6) is -0.518. The van der Waals surface area contributed by atoms with Gasteiger partial charge in [-0.15, -0.1) is 0 Å². The Balaban J connectivity index is 2.73. The number of benzene rings is 3. The van der Waals surface area contributed by atoms with E-state index in [4.69, 9.17) is 139 Å². The molecule has 0 heterocycles. The third kappa shape index (κ3) is 5.42. The molecule has 0 bridgehead atoms. The molecule has 0 N–H and O–H groups in total. The standard InChI is InChI=1S/C19Cl12N3O6/c20-5-2(6(21)12(27)17(11(5)26)32(35)36)1(3-7(22)13(28)18(33(37)38)14(29)8(3)23)4-9(24)15(30)19(34(39)40)16(31)10(4)25. The van der Waals surface area contributed by atoms with Gasteiger partial charge in [0.05, 0.1) is 50.8 Å². The lowest BCUT2D eigenvalue weighted by molar-refractivity contribution is -0.384. The van der Waals surface area contributed by atoms with Gasteiger partial charge in [-0.2, -0.15) is 0 Å². The number of rotatable bonds is 6. The highest BCUT2D eigenvalue weighted by molar-refractivity contribution is 6.54. The zero-order valence-corrected chi connectivity index (χ0v) is 26.9. The quantitative estimate of drug-likeness (QED) is 0.106. The van der Waals surface area contributed by atoms with Crippen molar-refractivity contribution in [3.8, 4) is 0 Å². The van der Waals surface area contributed by atoms with Crippen molar-refractivity contribution < 1.29 is 14.8 Å². The summed E-state index contributed by atoms with van der Waals surface area (Å²) >= 11 is 75.5. The van der Waals surface area contributed by atoms with E-state index in [1.165, 1.54) is 0 Å². The molecule has 0 spiro atoms. The summed E-state index contributed by atoms with van der Waals surface area (Å²) in [7, 11) is 0. The molecule has 0 amide bonds. The molecule has 9 nitrogen and oxygen atoms in total. The van der Waals surface area contributed by atoms with Crippen LogP contribution in [0.15, 0.2) is 0 Å². The maximum absolute atomic E-state index is 11.6. The Morgan fingerprint density at radius 1 is 0.350 bits per heavy atom. The molecule has 0 atom stereocenters. The van der Waals surface area contributed by atoms with Crippen LogP contribution in [0.3, 0.4) is 0 Å². The summed E-state index contributed by atoms with van der Waals surface area (Å²) in [6.45, 7) is 0. The largest absolute Gasteiger partial charge is 0.309 e. The van der Waals surface area contributed by atoms with Crippen molar-refractivity contribution in [1.82, 2.24) is 0 Å². The SMILES string of the molecule is O=[N+]([O-])c1c(Cl)c(Cl)c([C](c2c(Cl)c(Cl)c([N+](=O)[O-])c(Cl)c2Cl)c2c(Cl)c(Cl)c([N+](=O)[O-])c(Cl)c2Cl)c(Cl)c1Cl. The van der Waals surface area contributed by atoms with Crippen molar-refractivity contribution in [3.05, 3.63) is 113 Å². The predicted octanol–water partition coefficient (Wildman–Crippen LogP) is 12.3. The van der Waals surface area contributed by atoms with Gasteiger partial charge in [0.25, 0.3) is 0 Å². The smallest absolute Gasteiger partial charge is 0.258 e. The molecule has 0 aliphatic rings. The van der Waals surface area contributed by atoms with Crippen LogP contribution in [0.2, 0.25) is 60.3 Å². The predicted molar refractivity (Wildman–Crippen MR) is 160 cm³/mol. The van der Waals surface area contributed by atoms with E-state index in [1.807, 2.05) is 0 Å². The van der Waals surface area contributed by atoms with Crippen LogP contribution in [0, 0.1) is 36.3 Å². The zero-order chi connectivity index (χ0) is 30.7. The fourth-order valence-corrected chi connectivity index (χ4v) is 6.88. The van der Waals surface area contributed by atoms with E-state index in [1.54, 1.807) is 0 Å². The number of nitrogens with zero attached hydrogens (tertiary/aromatic N) is 3. The maximum atomic E-state index is 11.6. The van der Waals surface area contributed by atoms with Crippen molar-refractivity contribution in [3.63, 3.8) is 0 Å². The van der Waals surface area contributed by atoms with Crippen molar-refractivity contribution >= 4 is 156 Å².